The Balaban J connectivity index is 1.67. The minimum absolute atomic E-state index is 0.00162. The number of aliphatic hydroxyl groups excluding tert-OH is 1. The van der Waals surface area contributed by atoms with Crippen molar-refractivity contribution in [2.45, 2.75) is 13.0 Å². The van der Waals surface area contributed by atoms with Gasteiger partial charge in [0.05, 0.1) is 35.5 Å². The summed E-state index contributed by atoms with van der Waals surface area (Å²) in [5, 5.41) is 11.6. The Kier molecular flexibility index (Phi) is 6.51. The van der Waals surface area contributed by atoms with Crippen LogP contribution < -0.4 is 14.4 Å². The Morgan fingerprint density at radius 1 is 1.06 bits per heavy atom. The number of hydrogen-bond acceptors (Lipinski definition) is 7. The number of fused-ring (bicyclic) bond motifs is 1. The van der Waals surface area contributed by atoms with E-state index in [9.17, 15) is 14.7 Å². The number of benzene rings is 3. The number of halogens is 1. The molecule has 0 radical (unpaired) electrons. The predicted molar refractivity (Wildman–Crippen MR) is 143 cm³/mol. The normalized spacial score (nSPS) is 17.1. The molecule has 0 unspecified atom stereocenters. The average Bonchev–Trinajstić information content (AvgIpc) is 3.42. The van der Waals surface area contributed by atoms with Crippen LogP contribution in [0, 0.1) is 0 Å². The maximum absolute atomic E-state index is 13.4. The van der Waals surface area contributed by atoms with Gasteiger partial charge in [0.15, 0.2) is 5.13 Å². The third-order valence-electron chi connectivity index (χ3n) is 5.86. The molecule has 182 valence electrons. The molecule has 0 spiro atoms. The van der Waals surface area contributed by atoms with Crippen LogP contribution in [0.5, 0.6) is 11.5 Å². The number of ketones is 1. The number of ether oxygens (including phenoxy) is 2. The highest BCUT2D eigenvalue weighted by Crippen LogP contribution is 2.44. The molecule has 0 saturated carbocycles. The SMILES string of the molecule is CCOc1ccc2nc(N3C(=O)C(=O)C(=C(O)c4ccc(OC)cc4)[C@H]3c3ccc(Br)cc3)sc2c1. The molecule has 1 N–H and O–H groups in total. The summed E-state index contributed by atoms with van der Waals surface area (Å²) in [6.07, 6.45) is 0. The van der Waals surface area contributed by atoms with Gasteiger partial charge in [-0.25, -0.2) is 4.98 Å². The molecule has 1 aliphatic rings. The molecule has 2 heterocycles. The largest absolute Gasteiger partial charge is 0.507 e. The van der Waals surface area contributed by atoms with Crippen molar-refractivity contribution >= 4 is 60.1 Å². The first kappa shape index (κ1) is 24.0. The van der Waals surface area contributed by atoms with Gasteiger partial charge in [0.2, 0.25) is 0 Å². The summed E-state index contributed by atoms with van der Waals surface area (Å²) in [7, 11) is 1.54. The van der Waals surface area contributed by atoms with Gasteiger partial charge in [-0.2, -0.15) is 0 Å². The Labute approximate surface area is 219 Å². The Hall–Kier alpha value is -3.69. The van der Waals surface area contributed by atoms with Crippen molar-refractivity contribution in [1.29, 1.82) is 0 Å². The van der Waals surface area contributed by atoms with Gasteiger partial charge >= 0.3 is 5.91 Å². The average molecular weight is 565 g/mol. The number of Topliss-reactive ketones (excluding diaryl/α,β-unsaturated/α-hetero) is 1. The Morgan fingerprint density at radius 3 is 2.42 bits per heavy atom. The van der Waals surface area contributed by atoms with Crippen LogP contribution in [0.15, 0.2) is 76.8 Å². The molecule has 0 bridgehead atoms. The second kappa shape index (κ2) is 9.75. The highest BCUT2D eigenvalue weighted by molar-refractivity contribution is 9.10. The van der Waals surface area contributed by atoms with Crippen molar-refractivity contribution in [2.24, 2.45) is 0 Å². The minimum atomic E-state index is -0.855. The van der Waals surface area contributed by atoms with Gasteiger partial charge in [-0.05, 0) is 67.1 Å². The van der Waals surface area contributed by atoms with Crippen molar-refractivity contribution < 1.29 is 24.2 Å². The number of thiazole rings is 1. The van der Waals surface area contributed by atoms with Crippen molar-refractivity contribution in [3.05, 3.63) is 87.9 Å². The van der Waals surface area contributed by atoms with Crippen molar-refractivity contribution in [3.8, 4) is 11.5 Å². The van der Waals surface area contributed by atoms with Gasteiger partial charge in [0.1, 0.15) is 17.3 Å². The van der Waals surface area contributed by atoms with E-state index in [1.807, 2.05) is 49.4 Å². The molecule has 3 aromatic carbocycles. The second-order valence-corrected chi connectivity index (χ2v) is 9.93. The number of aromatic nitrogens is 1. The van der Waals surface area contributed by atoms with Gasteiger partial charge in [-0.3, -0.25) is 14.5 Å². The molecular weight excluding hydrogens is 544 g/mol. The number of amides is 1. The highest BCUT2D eigenvalue weighted by atomic mass is 79.9. The lowest BCUT2D eigenvalue weighted by molar-refractivity contribution is -0.132. The molecule has 7 nitrogen and oxygen atoms in total. The molecule has 4 aromatic rings. The van der Waals surface area contributed by atoms with Crippen molar-refractivity contribution in [3.63, 3.8) is 0 Å². The molecule has 0 aliphatic carbocycles. The number of carbonyl (C=O) groups excluding carboxylic acids is 2. The van der Waals surface area contributed by atoms with Crippen LogP contribution in [-0.4, -0.2) is 35.5 Å². The standard InChI is InChI=1S/C27H21BrN2O5S/c1-3-35-19-12-13-20-21(14-19)36-27(29-20)30-23(15-4-8-17(28)9-5-15)22(25(32)26(30)33)24(31)16-6-10-18(34-2)11-7-16/h4-14,23,31H,3H2,1-2H3/t23-/m1/s1. The zero-order valence-corrected chi connectivity index (χ0v) is 21.8. The van der Waals surface area contributed by atoms with E-state index in [0.29, 0.717) is 39.9 Å². The summed E-state index contributed by atoms with van der Waals surface area (Å²) in [6, 6.07) is 18.6. The fourth-order valence-electron chi connectivity index (χ4n) is 4.15. The molecular formula is C27H21BrN2O5S. The fraction of sp³-hybridized carbons (Fsp3) is 0.148. The van der Waals surface area contributed by atoms with E-state index in [4.69, 9.17) is 9.47 Å². The fourth-order valence-corrected chi connectivity index (χ4v) is 5.43. The third-order valence-corrected chi connectivity index (χ3v) is 7.41. The van der Waals surface area contributed by atoms with E-state index in [1.165, 1.54) is 16.2 Å². The van der Waals surface area contributed by atoms with Crippen molar-refractivity contribution in [2.75, 3.05) is 18.6 Å². The van der Waals surface area contributed by atoms with Crippen LogP contribution in [0.1, 0.15) is 24.1 Å². The summed E-state index contributed by atoms with van der Waals surface area (Å²) >= 11 is 4.72. The first-order valence-electron chi connectivity index (χ1n) is 11.2. The maximum Gasteiger partial charge on any atom is 0.301 e. The zero-order valence-electron chi connectivity index (χ0n) is 19.4. The summed E-state index contributed by atoms with van der Waals surface area (Å²) in [4.78, 5) is 32.8. The number of aliphatic hydroxyl groups is 1. The summed E-state index contributed by atoms with van der Waals surface area (Å²) < 4.78 is 12.5. The molecule has 1 amide bonds. The highest BCUT2D eigenvalue weighted by Gasteiger charge is 2.48. The van der Waals surface area contributed by atoms with Crippen LogP contribution in [0.25, 0.3) is 16.0 Å². The molecule has 9 heteroatoms. The molecule has 1 fully saturated rings. The van der Waals surface area contributed by atoms with Crippen LogP contribution in [0.2, 0.25) is 0 Å². The first-order chi connectivity index (χ1) is 17.4. The zero-order chi connectivity index (χ0) is 25.4. The molecule has 5 rings (SSSR count). The van der Waals surface area contributed by atoms with Gasteiger partial charge in [0.25, 0.3) is 5.78 Å². The lowest BCUT2D eigenvalue weighted by Crippen LogP contribution is -2.29. The van der Waals surface area contributed by atoms with Gasteiger partial charge < -0.3 is 14.6 Å². The molecule has 1 aromatic heterocycles. The van der Waals surface area contributed by atoms with E-state index in [-0.39, 0.29) is 11.3 Å². The van der Waals surface area contributed by atoms with Crippen molar-refractivity contribution in [1.82, 2.24) is 4.98 Å². The van der Waals surface area contributed by atoms with Crippen LogP contribution >= 0.6 is 27.3 Å². The monoisotopic (exact) mass is 564 g/mol. The molecule has 1 aliphatic heterocycles. The summed E-state index contributed by atoms with van der Waals surface area (Å²) in [5.41, 5.74) is 1.76. The Morgan fingerprint density at radius 2 is 1.75 bits per heavy atom. The van der Waals surface area contributed by atoms with E-state index in [0.717, 1.165) is 9.17 Å². The molecule has 36 heavy (non-hydrogen) atoms. The van der Waals surface area contributed by atoms with E-state index < -0.39 is 17.7 Å². The number of methoxy groups -OCH3 is 1. The van der Waals surface area contributed by atoms with Crippen LogP contribution in [-0.2, 0) is 9.59 Å². The van der Waals surface area contributed by atoms with Gasteiger partial charge in [-0.1, -0.05) is 39.4 Å². The number of rotatable bonds is 6. The van der Waals surface area contributed by atoms with E-state index in [2.05, 4.69) is 20.9 Å². The quantitative estimate of drug-likeness (QED) is 0.173. The van der Waals surface area contributed by atoms with Gasteiger partial charge in [0, 0.05) is 10.0 Å². The number of carbonyl (C=O) groups is 2. The van der Waals surface area contributed by atoms with Crippen LogP contribution in [0.3, 0.4) is 0 Å². The first-order valence-corrected chi connectivity index (χ1v) is 12.8. The second-order valence-electron chi connectivity index (χ2n) is 8.01. The third kappa shape index (κ3) is 4.25. The Bertz CT molecular complexity index is 1500. The predicted octanol–water partition coefficient (Wildman–Crippen LogP) is 6.09. The minimum Gasteiger partial charge on any atom is -0.507 e. The van der Waals surface area contributed by atoms with Gasteiger partial charge in [-0.15, -0.1) is 0 Å². The maximum atomic E-state index is 13.4. The summed E-state index contributed by atoms with van der Waals surface area (Å²) in [5.74, 6) is -0.470. The molecule has 1 saturated heterocycles. The topological polar surface area (TPSA) is 89.0 Å². The number of anilines is 1. The number of hydrogen-bond donors (Lipinski definition) is 1. The summed E-state index contributed by atoms with van der Waals surface area (Å²) in [6.45, 7) is 2.43. The lowest BCUT2D eigenvalue weighted by Gasteiger charge is -2.23. The smallest absolute Gasteiger partial charge is 0.301 e. The number of nitrogens with zero attached hydrogens (tertiary/aromatic N) is 2. The van der Waals surface area contributed by atoms with E-state index in [1.54, 1.807) is 31.4 Å². The molecule has 1 atom stereocenters. The lowest BCUT2D eigenvalue weighted by atomic mass is 9.95. The van der Waals surface area contributed by atoms with E-state index >= 15 is 0 Å². The van der Waals surface area contributed by atoms with Crippen LogP contribution in [0.4, 0.5) is 5.13 Å².